The second-order valence-electron chi connectivity index (χ2n) is 5.44. The third kappa shape index (κ3) is 3.62. The fraction of sp³-hybridized carbons (Fsp3) is 0.600. The second kappa shape index (κ2) is 6.60. The molecule has 0 radical (unpaired) electrons. The van der Waals surface area contributed by atoms with E-state index in [0.29, 0.717) is 12.0 Å². The minimum Gasteiger partial charge on any atom is -0.496 e. The first-order valence-corrected chi connectivity index (χ1v) is 7.26. The predicted octanol–water partition coefficient (Wildman–Crippen LogP) is 2.78. The van der Waals surface area contributed by atoms with E-state index in [1.54, 1.807) is 7.11 Å². The van der Waals surface area contributed by atoms with Gasteiger partial charge in [0.2, 0.25) is 0 Å². The highest BCUT2D eigenvalue weighted by molar-refractivity contribution is 6.30. The first kappa shape index (κ1) is 14.6. The molecule has 1 saturated heterocycles. The fourth-order valence-corrected chi connectivity index (χ4v) is 2.91. The van der Waals surface area contributed by atoms with E-state index in [4.69, 9.17) is 16.3 Å². The van der Waals surface area contributed by atoms with Gasteiger partial charge in [-0.15, -0.1) is 0 Å². The van der Waals surface area contributed by atoms with E-state index in [0.717, 1.165) is 37.0 Å². The average Bonchev–Trinajstić information content (AvgIpc) is 2.39. The Morgan fingerprint density at radius 2 is 2.26 bits per heavy atom. The molecule has 0 aliphatic carbocycles. The molecule has 1 fully saturated rings. The van der Waals surface area contributed by atoms with Crippen LogP contribution in [0.15, 0.2) is 18.2 Å². The Morgan fingerprint density at radius 3 is 2.95 bits per heavy atom. The number of ether oxygens (including phenoxy) is 1. The molecule has 19 heavy (non-hydrogen) atoms. The molecular weight excluding hydrogens is 260 g/mol. The average molecular weight is 283 g/mol. The summed E-state index contributed by atoms with van der Waals surface area (Å²) in [6.07, 6.45) is 0. The molecule has 0 saturated carbocycles. The highest BCUT2D eigenvalue weighted by Crippen LogP contribution is 2.26. The number of nitrogens with zero attached hydrogens (tertiary/aromatic N) is 1. The molecule has 1 unspecified atom stereocenters. The number of hydrogen-bond donors (Lipinski definition) is 1. The van der Waals surface area contributed by atoms with E-state index in [1.807, 2.05) is 18.2 Å². The van der Waals surface area contributed by atoms with Crippen molar-refractivity contribution in [3.63, 3.8) is 0 Å². The Balaban J connectivity index is 2.16. The summed E-state index contributed by atoms with van der Waals surface area (Å²) in [4.78, 5) is 2.52. The Hall–Kier alpha value is -0.770. The summed E-state index contributed by atoms with van der Waals surface area (Å²) < 4.78 is 5.44. The van der Waals surface area contributed by atoms with Crippen molar-refractivity contribution in [3.8, 4) is 5.75 Å². The van der Waals surface area contributed by atoms with E-state index >= 15 is 0 Å². The molecular formula is C15H23ClN2O. The van der Waals surface area contributed by atoms with Crippen molar-refractivity contribution in [1.29, 1.82) is 0 Å². The summed E-state index contributed by atoms with van der Waals surface area (Å²) in [5, 5.41) is 4.24. The summed E-state index contributed by atoms with van der Waals surface area (Å²) in [5.41, 5.74) is 1.17. The van der Waals surface area contributed by atoms with Gasteiger partial charge in [-0.2, -0.15) is 0 Å². The number of rotatable bonds is 4. The maximum absolute atomic E-state index is 6.10. The Kier molecular flexibility index (Phi) is 5.08. The lowest BCUT2D eigenvalue weighted by atomic mass is 9.99. The van der Waals surface area contributed by atoms with Crippen LogP contribution in [0.1, 0.15) is 19.4 Å². The zero-order chi connectivity index (χ0) is 13.8. The molecule has 1 aliphatic rings. The SMILES string of the molecule is COc1ccc(Cl)cc1CN1CCNCC1C(C)C. The molecule has 1 aliphatic heterocycles. The molecule has 0 bridgehead atoms. The highest BCUT2D eigenvalue weighted by Gasteiger charge is 2.25. The number of piperazine rings is 1. The van der Waals surface area contributed by atoms with Crippen molar-refractivity contribution >= 4 is 11.6 Å². The standard InChI is InChI=1S/C15H23ClN2O/c1-11(2)14-9-17-6-7-18(14)10-12-8-13(16)4-5-15(12)19-3/h4-5,8,11,14,17H,6-7,9-10H2,1-3H3. The van der Waals surface area contributed by atoms with E-state index < -0.39 is 0 Å². The molecule has 3 nitrogen and oxygen atoms in total. The smallest absolute Gasteiger partial charge is 0.123 e. The van der Waals surface area contributed by atoms with Crippen LogP contribution in [0.3, 0.4) is 0 Å². The van der Waals surface area contributed by atoms with Crippen molar-refractivity contribution in [3.05, 3.63) is 28.8 Å². The van der Waals surface area contributed by atoms with E-state index in [-0.39, 0.29) is 0 Å². The lowest BCUT2D eigenvalue weighted by Crippen LogP contribution is -2.52. The van der Waals surface area contributed by atoms with Crippen LogP contribution in [0.25, 0.3) is 0 Å². The first-order valence-electron chi connectivity index (χ1n) is 6.89. The van der Waals surface area contributed by atoms with Gasteiger partial charge in [0.1, 0.15) is 5.75 Å². The fourth-order valence-electron chi connectivity index (χ4n) is 2.71. The lowest BCUT2D eigenvalue weighted by Gasteiger charge is -2.38. The van der Waals surface area contributed by atoms with E-state index in [1.165, 1.54) is 5.56 Å². The third-order valence-corrected chi connectivity index (χ3v) is 4.02. The Labute approximate surface area is 120 Å². The summed E-state index contributed by atoms with van der Waals surface area (Å²) in [7, 11) is 1.71. The molecule has 106 valence electrons. The van der Waals surface area contributed by atoms with Crippen LogP contribution in [0.2, 0.25) is 5.02 Å². The van der Waals surface area contributed by atoms with Gasteiger partial charge in [0.05, 0.1) is 7.11 Å². The topological polar surface area (TPSA) is 24.5 Å². The minimum atomic E-state index is 0.567. The molecule has 1 heterocycles. The number of methoxy groups -OCH3 is 1. The van der Waals surface area contributed by atoms with E-state index in [9.17, 15) is 0 Å². The van der Waals surface area contributed by atoms with Crippen LogP contribution in [0.5, 0.6) is 5.75 Å². The van der Waals surface area contributed by atoms with Gasteiger partial charge in [0.25, 0.3) is 0 Å². The van der Waals surface area contributed by atoms with Crippen molar-refractivity contribution < 1.29 is 4.74 Å². The van der Waals surface area contributed by atoms with Gasteiger partial charge in [0, 0.05) is 42.8 Å². The van der Waals surface area contributed by atoms with Gasteiger partial charge in [-0.3, -0.25) is 4.90 Å². The maximum atomic E-state index is 6.10. The Bertz CT molecular complexity index is 423. The van der Waals surface area contributed by atoms with Crippen molar-refractivity contribution in [2.75, 3.05) is 26.7 Å². The summed E-state index contributed by atoms with van der Waals surface area (Å²) in [5.74, 6) is 1.56. The normalized spacial score (nSPS) is 20.8. The number of halogens is 1. The minimum absolute atomic E-state index is 0.567. The van der Waals surface area contributed by atoms with Crippen LogP contribution in [-0.4, -0.2) is 37.7 Å². The van der Waals surface area contributed by atoms with Crippen LogP contribution in [-0.2, 0) is 6.54 Å². The molecule has 0 spiro atoms. The molecule has 1 N–H and O–H groups in total. The predicted molar refractivity (Wildman–Crippen MR) is 79.9 cm³/mol. The van der Waals surface area contributed by atoms with Crippen molar-refractivity contribution in [2.24, 2.45) is 5.92 Å². The lowest BCUT2D eigenvalue weighted by molar-refractivity contribution is 0.116. The second-order valence-corrected chi connectivity index (χ2v) is 5.88. The summed E-state index contributed by atoms with van der Waals surface area (Å²) >= 11 is 6.10. The van der Waals surface area contributed by atoms with Gasteiger partial charge in [-0.05, 0) is 24.1 Å². The molecule has 1 atom stereocenters. The zero-order valence-electron chi connectivity index (χ0n) is 11.9. The van der Waals surface area contributed by atoms with Gasteiger partial charge in [0.15, 0.2) is 0 Å². The van der Waals surface area contributed by atoms with Gasteiger partial charge in [-0.25, -0.2) is 0 Å². The molecule has 0 amide bonds. The summed E-state index contributed by atoms with van der Waals surface area (Å²) in [6.45, 7) is 8.62. The highest BCUT2D eigenvalue weighted by atomic mass is 35.5. The van der Waals surface area contributed by atoms with E-state index in [2.05, 4.69) is 24.1 Å². The molecule has 4 heteroatoms. The largest absolute Gasteiger partial charge is 0.496 e. The van der Waals surface area contributed by atoms with Crippen molar-refractivity contribution in [1.82, 2.24) is 10.2 Å². The zero-order valence-corrected chi connectivity index (χ0v) is 12.7. The maximum Gasteiger partial charge on any atom is 0.123 e. The molecule has 1 aromatic carbocycles. The molecule has 2 rings (SSSR count). The molecule has 1 aromatic rings. The summed E-state index contributed by atoms with van der Waals surface area (Å²) in [6, 6.07) is 6.41. The first-order chi connectivity index (χ1) is 9.11. The van der Waals surface area contributed by atoms with Crippen molar-refractivity contribution in [2.45, 2.75) is 26.4 Å². The quantitative estimate of drug-likeness (QED) is 0.919. The number of hydrogen-bond acceptors (Lipinski definition) is 3. The Morgan fingerprint density at radius 1 is 1.47 bits per heavy atom. The number of nitrogens with one attached hydrogen (secondary N) is 1. The van der Waals surface area contributed by atoms with Gasteiger partial charge < -0.3 is 10.1 Å². The van der Waals surface area contributed by atoms with Gasteiger partial charge >= 0.3 is 0 Å². The number of benzene rings is 1. The van der Waals surface area contributed by atoms with Gasteiger partial charge in [-0.1, -0.05) is 25.4 Å². The third-order valence-electron chi connectivity index (χ3n) is 3.78. The molecule has 0 aromatic heterocycles. The monoisotopic (exact) mass is 282 g/mol. The van der Waals surface area contributed by atoms with Crippen LogP contribution >= 0.6 is 11.6 Å². The van der Waals surface area contributed by atoms with Crippen LogP contribution in [0, 0.1) is 5.92 Å². The van der Waals surface area contributed by atoms with Crippen LogP contribution in [0.4, 0.5) is 0 Å². The van der Waals surface area contributed by atoms with Crippen LogP contribution < -0.4 is 10.1 Å².